The number of nitrogens with one attached hydrogen (secondary N) is 1. The van der Waals surface area contributed by atoms with Crippen molar-refractivity contribution in [1.82, 2.24) is 9.99 Å². The summed E-state index contributed by atoms with van der Waals surface area (Å²) >= 11 is 1.52. The molecule has 42 heavy (non-hydrogen) atoms. The van der Waals surface area contributed by atoms with Crippen LogP contribution < -0.4 is 14.5 Å². The second-order valence-corrected chi connectivity index (χ2v) is 12.6. The Balaban J connectivity index is 1.57. The number of aromatic nitrogens is 1. The van der Waals surface area contributed by atoms with E-state index in [2.05, 4.69) is 47.1 Å². The summed E-state index contributed by atoms with van der Waals surface area (Å²) in [4.78, 5) is 14.1. The molecule has 0 aliphatic carbocycles. The number of ether oxygens (including phenoxy) is 1. The lowest BCUT2D eigenvalue weighted by Crippen LogP contribution is -2.39. The van der Waals surface area contributed by atoms with Gasteiger partial charge in [0.15, 0.2) is 0 Å². The molecule has 4 aromatic rings. The van der Waals surface area contributed by atoms with Crippen LogP contribution in [0.1, 0.15) is 35.0 Å². The fraction of sp³-hybridized carbons (Fsp3) is 0.250. The number of aryl methyl sites for hydroxylation is 3. The maximum atomic E-state index is 13.7. The van der Waals surface area contributed by atoms with Gasteiger partial charge in [-0.1, -0.05) is 17.7 Å². The lowest BCUT2D eigenvalue weighted by Gasteiger charge is -2.24. The Bertz CT molecular complexity index is 1690. The number of amides is 1. The van der Waals surface area contributed by atoms with Crippen molar-refractivity contribution in [2.75, 3.05) is 23.7 Å². The summed E-state index contributed by atoms with van der Waals surface area (Å²) < 4.78 is 36.1. The summed E-state index contributed by atoms with van der Waals surface area (Å²) in [6.07, 6.45) is 3.50. The Morgan fingerprint density at radius 3 is 2.31 bits per heavy atom. The average Bonchev–Trinajstić information content (AvgIpc) is 3.24. The number of hydrogen-bond acceptors (Lipinski definition) is 6. The lowest BCUT2D eigenvalue weighted by molar-refractivity contribution is -0.119. The largest absolute Gasteiger partial charge is 0.494 e. The van der Waals surface area contributed by atoms with E-state index in [4.69, 9.17) is 4.74 Å². The minimum absolute atomic E-state index is 0.0873. The third kappa shape index (κ3) is 6.88. The number of rotatable bonds is 11. The Morgan fingerprint density at radius 1 is 1.00 bits per heavy atom. The monoisotopic (exact) mass is 604 g/mol. The first kappa shape index (κ1) is 30.9. The van der Waals surface area contributed by atoms with E-state index in [-0.39, 0.29) is 4.90 Å². The van der Waals surface area contributed by atoms with Gasteiger partial charge in [0.1, 0.15) is 12.3 Å². The van der Waals surface area contributed by atoms with Gasteiger partial charge in [-0.15, -0.1) is 11.8 Å². The molecular weight excluding hydrogens is 569 g/mol. The SMILES string of the molecule is CCOc1ccc(N(CC(=O)N/N=C\c2cc(C)n(-c3ccc(C)cc3C)c2C)S(=O)(=O)c2ccc(SC)cc2)cc1. The number of hydrogen-bond donors (Lipinski definition) is 1. The molecule has 1 amide bonds. The first-order chi connectivity index (χ1) is 20.0. The van der Waals surface area contributed by atoms with Gasteiger partial charge < -0.3 is 9.30 Å². The van der Waals surface area contributed by atoms with Gasteiger partial charge >= 0.3 is 0 Å². The second kappa shape index (κ2) is 13.3. The highest BCUT2D eigenvalue weighted by molar-refractivity contribution is 7.98. The molecule has 0 fully saturated rings. The molecular formula is C32H36N4O4S2. The van der Waals surface area contributed by atoms with E-state index in [1.807, 2.05) is 33.1 Å². The molecule has 0 radical (unpaired) electrons. The van der Waals surface area contributed by atoms with E-state index in [9.17, 15) is 13.2 Å². The van der Waals surface area contributed by atoms with Gasteiger partial charge in [0, 0.05) is 27.5 Å². The number of benzene rings is 3. The third-order valence-corrected chi connectivity index (χ3v) is 9.36. The highest BCUT2D eigenvalue weighted by atomic mass is 32.2. The highest BCUT2D eigenvalue weighted by Crippen LogP contribution is 2.27. The summed E-state index contributed by atoms with van der Waals surface area (Å²) in [7, 11) is -4.06. The first-order valence-corrected chi connectivity index (χ1v) is 16.2. The predicted octanol–water partition coefficient (Wildman–Crippen LogP) is 6.18. The van der Waals surface area contributed by atoms with Crippen LogP contribution in [0.3, 0.4) is 0 Å². The normalized spacial score (nSPS) is 11.6. The highest BCUT2D eigenvalue weighted by Gasteiger charge is 2.27. The molecule has 0 unspecified atom stereocenters. The number of hydrazone groups is 1. The number of carbonyl (C=O) groups excluding carboxylic acids is 1. The van der Waals surface area contributed by atoms with E-state index in [1.165, 1.54) is 17.3 Å². The number of nitrogens with zero attached hydrogens (tertiary/aromatic N) is 3. The molecule has 1 aromatic heterocycles. The smallest absolute Gasteiger partial charge is 0.264 e. The van der Waals surface area contributed by atoms with Crippen LogP contribution >= 0.6 is 11.8 Å². The van der Waals surface area contributed by atoms with Crippen molar-refractivity contribution in [3.63, 3.8) is 0 Å². The minimum atomic E-state index is -4.06. The summed E-state index contributed by atoms with van der Waals surface area (Å²) in [5.74, 6) is 0.0306. The van der Waals surface area contributed by atoms with Gasteiger partial charge in [-0.05, 0) is 107 Å². The molecule has 0 bridgehead atoms. The van der Waals surface area contributed by atoms with E-state index in [1.54, 1.807) is 54.7 Å². The third-order valence-electron chi connectivity index (χ3n) is 6.83. The number of carbonyl (C=O) groups is 1. The zero-order valence-electron chi connectivity index (χ0n) is 24.7. The van der Waals surface area contributed by atoms with Gasteiger partial charge in [0.25, 0.3) is 15.9 Å². The van der Waals surface area contributed by atoms with Crippen LogP contribution in [-0.4, -0.2) is 44.5 Å². The summed E-state index contributed by atoms with van der Waals surface area (Å²) in [6.45, 7) is 10.1. The lowest BCUT2D eigenvalue weighted by atomic mass is 10.1. The maximum Gasteiger partial charge on any atom is 0.264 e. The van der Waals surface area contributed by atoms with Gasteiger partial charge in [-0.3, -0.25) is 9.10 Å². The molecule has 0 saturated carbocycles. The molecule has 4 rings (SSSR count). The molecule has 220 valence electrons. The van der Waals surface area contributed by atoms with Crippen LogP contribution in [0.15, 0.2) is 87.7 Å². The molecule has 1 N–H and O–H groups in total. The zero-order valence-corrected chi connectivity index (χ0v) is 26.3. The molecule has 8 nitrogen and oxygen atoms in total. The first-order valence-electron chi connectivity index (χ1n) is 13.5. The van der Waals surface area contributed by atoms with Crippen molar-refractivity contribution >= 4 is 39.6 Å². The summed E-state index contributed by atoms with van der Waals surface area (Å²) in [6, 6.07) is 21.5. The molecule has 0 saturated heterocycles. The van der Waals surface area contributed by atoms with Gasteiger partial charge in [-0.25, -0.2) is 13.8 Å². The van der Waals surface area contributed by atoms with Crippen LogP contribution in [-0.2, 0) is 14.8 Å². The van der Waals surface area contributed by atoms with Gasteiger partial charge in [-0.2, -0.15) is 5.10 Å². The van der Waals surface area contributed by atoms with Gasteiger partial charge in [0.05, 0.1) is 23.4 Å². The molecule has 0 aliphatic rings. The summed E-state index contributed by atoms with van der Waals surface area (Å²) in [5.41, 5.74) is 9.14. The van der Waals surface area contributed by atoms with Crippen LogP contribution in [0.25, 0.3) is 5.69 Å². The van der Waals surface area contributed by atoms with Crippen molar-refractivity contribution in [3.05, 3.63) is 101 Å². The molecule has 10 heteroatoms. The Hall–Kier alpha value is -4.02. The quantitative estimate of drug-likeness (QED) is 0.125. The van der Waals surface area contributed by atoms with E-state index >= 15 is 0 Å². The maximum absolute atomic E-state index is 13.7. The Kier molecular flexibility index (Phi) is 9.80. The van der Waals surface area contributed by atoms with Crippen molar-refractivity contribution in [1.29, 1.82) is 0 Å². The van der Waals surface area contributed by atoms with Crippen LogP contribution in [0, 0.1) is 27.7 Å². The fourth-order valence-electron chi connectivity index (χ4n) is 4.75. The van der Waals surface area contributed by atoms with Crippen LogP contribution in [0.2, 0.25) is 0 Å². The van der Waals surface area contributed by atoms with Crippen LogP contribution in [0.5, 0.6) is 5.75 Å². The Morgan fingerprint density at radius 2 is 1.69 bits per heavy atom. The van der Waals surface area contributed by atoms with Crippen molar-refractivity contribution < 1.29 is 17.9 Å². The summed E-state index contributed by atoms with van der Waals surface area (Å²) in [5, 5.41) is 4.17. The molecule has 3 aromatic carbocycles. The predicted molar refractivity (Wildman–Crippen MR) is 171 cm³/mol. The van der Waals surface area contributed by atoms with Crippen molar-refractivity contribution in [2.24, 2.45) is 5.10 Å². The Labute approximate surface area is 252 Å². The average molecular weight is 605 g/mol. The van der Waals surface area contributed by atoms with Crippen molar-refractivity contribution in [3.8, 4) is 11.4 Å². The van der Waals surface area contributed by atoms with E-state index in [0.29, 0.717) is 18.0 Å². The topological polar surface area (TPSA) is 93.0 Å². The molecule has 0 spiro atoms. The number of sulfonamides is 1. The van der Waals surface area contributed by atoms with E-state index in [0.717, 1.165) is 37.4 Å². The van der Waals surface area contributed by atoms with Gasteiger partial charge in [0.2, 0.25) is 0 Å². The van der Waals surface area contributed by atoms with E-state index < -0.39 is 22.5 Å². The number of thioether (sulfide) groups is 1. The van der Waals surface area contributed by atoms with Crippen molar-refractivity contribution in [2.45, 2.75) is 44.4 Å². The second-order valence-electron chi connectivity index (χ2n) is 9.86. The molecule has 0 atom stereocenters. The van der Waals surface area contributed by atoms with Crippen LogP contribution in [0.4, 0.5) is 5.69 Å². The molecule has 0 aliphatic heterocycles. The number of anilines is 1. The zero-order chi connectivity index (χ0) is 30.4. The molecule has 1 heterocycles. The fourth-order valence-corrected chi connectivity index (χ4v) is 6.58. The standard InChI is InChI=1S/C32H36N4O4S2/c1-7-40-28-11-9-27(10-12-28)35(42(38,39)30-15-13-29(41-6)14-16-30)21-32(37)34-33-20-26-19-24(4)36(25(26)5)31-17-8-22(2)18-23(31)3/h8-20H,7,21H2,1-6H3,(H,34,37)/b33-20-. The minimum Gasteiger partial charge on any atom is -0.494 e.